The van der Waals surface area contributed by atoms with E-state index < -0.39 is 0 Å². The fourth-order valence-electron chi connectivity index (χ4n) is 2.44. The van der Waals surface area contributed by atoms with Crippen LogP contribution in [0.4, 0.5) is 0 Å². The van der Waals surface area contributed by atoms with Crippen molar-refractivity contribution < 1.29 is 0 Å². The van der Waals surface area contributed by atoms with Crippen LogP contribution in [0.1, 0.15) is 28.3 Å². The van der Waals surface area contributed by atoms with Crippen molar-refractivity contribution in [2.75, 3.05) is 7.05 Å². The van der Waals surface area contributed by atoms with Gasteiger partial charge >= 0.3 is 0 Å². The maximum atomic E-state index is 6.29. The minimum Gasteiger partial charge on any atom is -0.313 e. The summed E-state index contributed by atoms with van der Waals surface area (Å²) >= 11 is 12.4. The third-order valence-electron chi connectivity index (χ3n) is 3.83. The monoisotopic (exact) mass is 307 g/mol. The number of halogens is 2. The molecular weight excluding hydrogens is 289 g/mol. The average molecular weight is 308 g/mol. The summed E-state index contributed by atoms with van der Waals surface area (Å²) in [7, 11) is 1.98. The zero-order valence-corrected chi connectivity index (χ0v) is 13.5. The number of rotatable bonds is 4. The number of likely N-dealkylation sites (N-methyl/N-ethyl adjacent to an activating group) is 1. The molecule has 2 aromatic rings. The Kier molecular flexibility index (Phi) is 5.09. The first-order valence-corrected chi connectivity index (χ1v) is 7.46. The topological polar surface area (TPSA) is 12.0 Å². The van der Waals surface area contributed by atoms with Gasteiger partial charge in [0, 0.05) is 6.04 Å². The minimum absolute atomic E-state index is 0.228. The molecule has 2 rings (SSSR count). The summed E-state index contributed by atoms with van der Waals surface area (Å²) in [5, 5.41) is 4.64. The lowest BCUT2D eigenvalue weighted by molar-refractivity contribution is 0.588. The maximum Gasteiger partial charge on any atom is 0.0624 e. The van der Waals surface area contributed by atoms with Crippen molar-refractivity contribution >= 4 is 23.2 Å². The standard InChI is InChI=1S/C17H19Cl2N/c1-11-6-4-8-14(12(11)2)16(20-3)10-13-7-5-9-15(18)17(13)19/h4-9,16,20H,10H2,1-3H3. The lowest BCUT2D eigenvalue weighted by Crippen LogP contribution is -2.20. The highest BCUT2D eigenvalue weighted by atomic mass is 35.5. The van der Waals surface area contributed by atoms with E-state index in [4.69, 9.17) is 23.2 Å². The van der Waals surface area contributed by atoms with Crippen molar-refractivity contribution in [3.05, 3.63) is 68.7 Å². The Morgan fingerprint density at radius 3 is 2.45 bits per heavy atom. The molecule has 0 fully saturated rings. The van der Waals surface area contributed by atoms with Crippen molar-refractivity contribution in [2.24, 2.45) is 0 Å². The van der Waals surface area contributed by atoms with E-state index in [2.05, 4.69) is 37.4 Å². The first-order valence-electron chi connectivity index (χ1n) is 6.71. The fourth-order valence-corrected chi connectivity index (χ4v) is 2.84. The molecule has 20 heavy (non-hydrogen) atoms. The van der Waals surface area contributed by atoms with Gasteiger partial charge in [-0.05, 0) is 55.6 Å². The number of hydrogen-bond acceptors (Lipinski definition) is 1. The second-order valence-corrected chi connectivity index (χ2v) is 5.83. The van der Waals surface area contributed by atoms with E-state index in [1.807, 2.05) is 25.2 Å². The van der Waals surface area contributed by atoms with Gasteiger partial charge in [0.05, 0.1) is 10.0 Å². The largest absolute Gasteiger partial charge is 0.313 e. The SMILES string of the molecule is CNC(Cc1cccc(Cl)c1Cl)c1cccc(C)c1C. The first-order chi connectivity index (χ1) is 9.54. The van der Waals surface area contributed by atoms with E-state index in [-0.39, 0.29) is 6.04 Å². The molecule has 0 aliphatic heterocycles. The van der Waals surface area contributed by atoms with Crippen molar-refractivity contribution in [1.82, 2.24) is 5.32 Å². The highest BCUT2D eigenvalue weighted by Gasteiger charge is 2.15. The van der Waals surface area contributed by atoms with Crippen molar-refractivity contribution in [3.63, 3.8) is 0 Å². The molecule has 0 aliphatic carbocycles. The smallest absolute Gasteiger partial charge is 0.0624 e. The molecule has 0 aromatic heterocycles. The van der Waals surface area contributed by atoms with E-state index in [1.54, 1.807) is 0 Å². The van der Waals surface area contributed by atoms with Crippen LogP contribution in [0, 0.1) is 13.8 Å². The van der Waals surface area contributed by atoms with Crippen LogP contribution < -0.4 is 5.32 Å². The fraction of sp³-hybridized carbons (Fsp3) is 0.294. The minimum atomic E-state index is 0.228. The van der Waals surface area contributed by atoms with Crippen LogP contribution in [0.2, 0.25) is 10.0 Å². The third-order valence-corrected chi connectivity index (χ3v) is 4.68. The molecular formula is C17H19Cl2N. The van der Waals surface area contributed by atoms with Gasteiger partial charge in [0.2, 0.25) is 0 Å². The van der Waals surface area contributed by atoms with Crippen molar-refractivity contribution in [3.8, 4) is 0 Å². The lowest BCUT2D eigenvalue weighted by atomic mass is 9.93. The third kappa shape index (κ3) is 3.17. The van der Waals surface area contributed by atoms with Crippen LogP contribution in [0.15, 0.2) is 36.4 Å². The van der Waals surface area contributed by atoms with Crippen LogP contribution in [0.3, 0.4) is 0 Å². The van der Waals surface area contributed by atoms with Gasteiger partial charge in [0.25, 0.3) is 0 Å². The molecule has 106 valence electrons. The molecule has 0 bridgehead atoms. The van der Waals surface area contributed by atoms with Gasteiger partial charge in [-0.25, -0.2) is 0 Å². The average Bonchev–Trinajstić information content (AvgIpc) is 2.44. The van der Waals surface area contributed by atoms with Crippen molar-refractivity contribution in [1.29, 1.82) is 0 Å². The number of aryl methyl sites for hydroxylation is 1. The van der Waals surface area contributed by atoms with E-state index in [1.165, 1.54) is 16.7 Å². The summed E-state index contributed by atoms with van der Waals surface area (Å²) in [5.41, 5.74) is 5.01. The van der Waals surface area contributed by atoms with Crippen LogP contribution in [0.5, 0.6) is 0 Å². The summed E-state index contributed by atoms with van der Waals surface area (Å²) in [6, 6.07) is 12.4. The number of hydrogen-bond donors (Lipinski definition) is 1. The molecule has 1 nitrogen and oxygen atoms in total. The van der Waals surface area contributed by atoms with Crippen LogP contribution in [0.25, 0.3) is 0 Å². The van der Waals surface area contributed by atoms with Crippen molar-refractivity contribution in [2.45, 2.75) is 26.3 Å². The zero-order valence-electron chi connectivity index (χ0n) is 12.0. The zero-order chi connectivity index (χ0) is 14.7. The Morgan fingerprint density at radius 2 is 1.75 bits per heavy atom. The van der Waals surface area contributed by atoms with Gasteiger partial charge in [0.15, 0.2) is 0 Å². The molecule has 0 saturated heterocycles. The molecule has 0 aliphatic rings. The normalized spacial score (nSPS) is 12.4. The van der Waals surface area contributed by atoms with E-state index in [9.17, 15) is 0 Å². The maximum absolute atomic E-state index is 6.29. The van der Waals surface area contributed by atoms with E-state index >= 15 is 0 Å². The highest BCUT2D eigenvalue weighted by molar-refractivity contribution is 6.42. The van der Waals surface area contributed by atoms with Gasteiger partial charge in [-0.3, -0.25) is 0 Å². The Labute approximate surface area is 130 Å². The first kappa shape index (κ1) is 15.4. The quantitative estimate of drug-likeness (QED) is 0.827. The Hall–Kier alpha value is -1.02. The molecule has 0 spiro atoms. The predicted molar refractivity (Wildman–Crippen MR) is 87.9 cm³/mol. The molecule has 0 radical (unpaired) electrons. The molecule has 0 heterocycles. The van der Waals surface area contributed by atoms with Crippen LogP contribution in [-0.2, 0) is 6.42 Å². The van der Waals surface area contributed by atoms with Gasteiger partial charge in [-0.2, -0.15) is 0 Å². The molecule has 0 amide bonds. The number of nitrogens with one attached hydrogen (secondary N) is 1. The van der Waals surface area contributed by atoms with E-state index in [0.717, 1.165) is 12.0 Å². The van der Waals surface area contributed by atoms with Crippen LogP contribution in [-0.4, -0.2) is 7.05 Å². The molecule has 0 saturated carbocycles. The summed E-state index contributed by atoms with van der Waals surface area (Å²) in [6.07, 6.45) is 0.820. The second-order valence-electron chi connectivity index (χ2n) is 5.05. The summed E-state index contributed by atoms with van der Waals surface area (Å²) < 4.78 is 0. The summed E-state index contributed by atoms with van der Waals surface area (Å²) in [5.74, 6) is 0. The predicted octanol–water partition coefficient (Wildman–Crippen LogP) is 5.11. The van der Waals surface area contributed by atoms with E-state index in [0.29, 0.717) is 10.0 Å². The Balaban J connectivity index is 2.34. The molecule has 1 N–H and O–H groups in total. The summed E-state index contributed by atoms with van der Waals surface area (Å²) in [4.78, 5) is 0. The molecule has 2 aromatic carbocycles. The number of benzene rings is 2. The van der Waals surface area contributed by atoms with Gasteiger partial charge < -0.3 is 5.32 Å². The molecule has 1 unspecified atom stereocenters. The summed E-state index contributed by atoms with van der Waals surface area (Å²) in [6.45, 7) is 4.30. The van der Waals surface area contributed by atoms with Gasteiger partial charge in [0.1, 0.15) is 0 Å². The molecule has 1 atom stereocenters. The highest BCUT2D eigenvalue weighted by Crippen LogP contribution is 2.30. The Morgan fingerprint density at radius 1 is 1.05 bits per heavy atom. The van der Waals surface area contributed by atoms with Gasteiger partial charge in [-0.15, -0.1) is 0 Å². The lowest BCUT2D eigenvalue weighted by Gasteiger charge is -2.21. The second kappa shape index (κ2) is 6.62. The molecule has 3 heteroatoms. The van der Waals surface area contributed by atoms with Gasteiger partial charge in [-0.1, -0.05) is 53.5 Å². The van der Waals surface area contributed by atoms with Crippen LogP contribution >= 0.6 is 23.2 Å². The Bertz CT molecular complexity index is 608.